The largest absolute Gasteiger partial charge is 0.493 e. The second-order valence-corrected chi connectivity index (χ2v) is 5.44. The lowest BCUT2D eigenvalue weighted by molar-refractivity contribution is -0.136. The maximum Gasteiger partial charge on any atom is 0.349 e. The molecule has 0 atom stereocenters. The summed E-state index contributed by atoms with van der Waals surface area (Å²) < 4.78 is 16.2. The number of rotatable bonds is 6. The van der Waals surface area contributed by atoms with Gasteiger partial charge in [-0.15, -0.1) is 0 Å². The zero-order chi connectivity index (χ0) is 17.5. The molecule has 126 valence electrons. The van der Waals surface area contributed by atoms with Crippen molar-refractivity contribution < 1.29 is 19.0 Å². The summed E-state index contributed by atoms with van der Waals surface area (Å²) in [6.45, 7) is 5.65. The van der Waals surface area contributed by atoms with Gasteiger partial charge in [0.15, 0.2) is 18.1 Å². The average molecular weight is 326 g/mol. The molecule has 0 radical (unpaired) electrons. The molecule has 2 aromatic carbocycles. The fourth-order valence-corrected chi connectivity index (χ4v) is 2.30. The smallest absolute Gasteiger partial charge is 0.349 e. The summed E-state index contributed by atoms with van der Waals surface area (Å²) in [4.78, 5) is 12.0. The predicted molar refractivity (Wildman–Crippen MR) is 94.7 cm³/mol. The van der Waals surface area contributed by atoms with Gasteiger partial charge in [-0.1, -0.05) is 35.9 Å². The normalized spacial score (nSPS) is 10.7. The molecule has 4 heteroatoms. The quantitative estimate of drug-likeness (QED) is 0.585. The Balaban J connectivity index is 2.01. The maximum atomic E-state index is 12.0. The molecule has 4 nitrogen and oxygen atoms in total. The van der Waals surface area contributed by atoms with E-state index in [1.807, 2.05) is 57.2 Å². The van der Waals surface area contributed by atoms with Crippen LogP contribution in [0.2, 0.25) is 0 Å². The van der Waals surface area contributed by atoms with Crippen molar-refractivity contribution in [1.82, 2.24) is 0 Å². The third-order valence-corrected chi connectivity index (χ3v) is 3.45. The van der Waals surface area contributed by atoms with Crippen molar-refractivity contribution >= 4 is 12.0 Å². The Labute approximate surface area is 142 Å². The fraction of sp³-hybridized carbons (Fsp3) is 0.250. The highest BCUT2D eigenvalue weighted by Gasteiger charge is 2.11. The van der Waals surface area contributed by atoms with Crippen molar-refractivity contribution in [2.75, 3.05) is 13.7 Å². The molecular formula is C20H22O4. The van der Waals surface area contributed by atoms with E-state index in [-0.39, 0.29) is 6.61 Å². The molecule has 2 rings (SSSR count). The zero-order valence-corrected chi connectivity index (χ0v) is 14.5. The molecule has 0 saturated heterocycles. The molecule has 0 aromatic heterocycles. The molecule has 0 N–H and O–H groups in total. The van der Waals surface area contributed by atoms with Gasteiger partial charge in [0.25, 0.3) is 0 Å². The minimum atomic E-state index is -0.457. The summed E-state index contributed by atoms with van der Waals surface area (Å²) in [5.41, 5.74) is 3.03. The first-order chi connectivity index (χ1) is 11.5. The third-order valence-electron chi connectivity index (χ3n) is 3.45. The molecule has 0 aliphatic rings. The lowest BCUT2D eigenvalue weighted by Crippen LogP contribution is -2.18. The van der Waals surface area contributed by atoms with E-state index in [9.17, 15) is 4.79 Å². The van der Waals surface area contributed by atoms with Crippen LogP contribution < -0.4 is 14.2 Å². The molecule has 0 unspecified atom stereocenters. The van der Waals surface area contributed by atoms with Gasteiger partial charge >= 0.3 is 5.97 Å². The Hall–Kier alpha value is -2.75. The Morgan fingerprint density at radius 1 is 1.04 bits per heavy atom. The minimum Gasteiger partial charge on any atom is -0.493 e. The molecule has 0 heterocycles. The summed E-state index contributed by atoms with van der Waals surface area (Å²) in [5.74, 6) is 1.17. The average Bonchev–Trinajstić information content (AvgIpc) is 2.56. The zero-order valence-electron chi connectivity index (χ0n) is 14.5. The van der Waals surface area contributed by atoms with E-state index in [0.717, 1.165) is 16.7 Å². The number of hydrogen-bond donors (Lipinski definition) is 0. The third kappa shape index (κ3) is 4.62. The van der Waals surface area contributed by atoms with Crippen LogP contribution in [-0.2, 0) is 4.79 Å². The van der Waals surface area contributed by atoms with Crippen molar-refractivity contribution in [3.05, 3.63) is 59.2 Å². The topological polar surface area (TPSA) is 44.8 Å². The summed E-state index contributed by atoms with van der Waals surface area (Å²) in [7, 11) is 1.57. The van der Waals surface area contributed by atoms with E-state index in [1.54, 1.807) is 19.2 Å². The van der Waals surface area contributed by atoms with Crippen molar-refractivity contribution in [1.29, 1.82) is 0 Å². The molecule has 24 heavy (non-hydrogen) atoms. The molecule has 0 amide bonds. The molecule has 0 aliphatic heterocycles. The number of carbonyl (C=O) groups excluding carboxylic acids is 1. The van der Waals surface area contributed by atoms with Crippen LogP contribution in [-0.4, -0.2) is 19.7 Å². The first-order valence-electron chi connectivity index (χ1n) is 7.75. The number of esters is 1. The molecule has 0 saturated carbocycles. The van der Waals surface area contributed by atoms with E-state index in [4.69, 9.17) is 14.2 Å². The molecular weight excluding hydrogens is 304 g/mol. The van der Waals surface area contributed by atoms with E-state index in [1.165, 1.54) is 0 Å². The Bertz CT molecular complexity index is 747. The second kappa shape index (κ2) is 8.20. The Kier molecular flexibility index (Phi) is 6.01. The number of carbonyl (C=O) groups is 1. The van der Waals surface area contributed by atoms with E-state index >= 15 is 0 Å². The number of methoxy groups -OCH3 is 1. The van der Waals surface area contributed by atoms with Gasteiger partial charge in [-0.2, -0.15) is 0 Å². The van der Waals surface area contributed by atoms with Crippen LogP contribution >= 0.6 is 0 Å². The summed E-state index contributed by atoms with van der Waals surface area (Å²) >= 11 is 0. The van der Waals surface area contributed by atoms with Crippen molar-refractivity contribution in [2.45, 2.75) is 20.8 Å². The number of aryl methyl sites for hydroxylation is 2. The highest BCUT2D eigenvalue weighted by Crippen LogP contribution is 2.28. The second-order valence-electron chi connectivity index (χ2n) is 5.44. The van der Waals surface area contributed by atoms with Gasteiger partial charge in [0.1, 0.15) is 5.75 Å². The SMILES string of the molecule is C/C=C/c1ccc(OCC(=O)Oc2ccc(C)cc2C)c(OC)c1. The van der Waals surface area contributed by atoms with Gasteiger partial charge in [0.05, 0.1) is 7.11 Å². The van der Waals surface area contributed by atoms with Crippen molar-refractivity contribution in [3.63, 3.8) is 0 Å². The summed E-state index contributed by atoms with van der Waals surface area (Å²) in [6.07, 6.45) is 3.90. The number of ether oxygens (including phenoxy) is 3. The fourth-order valence-electron chi connectivity index (χ4n) is 2.30. The first kappa shape index (κ1) is 17.6. The summed E-state index contributed by atoms with van der Waals surface area (Å²) in [5, 5.41) is 0. The van der Waals surface area contributed by atoms with Gasteiger partial charge in [-0.25, -0.2) is 4.79 Å². The van der Waals surface area contributed by atoms with Crippen LogP contribution in [0.15, 0.2) is 42.5 Å². The highest BCUT2D eigenvalue weighted by molar-refractivity contribution is 5.74. The van der Waals surface area contributed by atoms with Gasteiger partial charge in [0, 0.05) is 0 Å². The van der Waals surface area contributed by atoms with Crippen LogP contribution in [0.4, 0.5) is 0 Å². The highest BCUT2D eigenvalue weighted by atomic mass is 16.6. The van der Waals surface area contributed by atoms with Crippen molar-refractivity contribution in [2.24, 2.45) is 0 Å². The predicted octanol–water partition coefficient (Wildman–Crippen LogP) is 4.33. The molecule has 0 fully saturated rings. The summed E-state index contributed by atoms with van der Waals surface area (Å²) in [6, 6.07) is 11.2. The monoisotopic (exact) mass is 326 g/mol. The molecule has 0 spiro atoms. The van der Waals surface area contributed by atoms with E-state index < -0.39 is 5.97 Å². The Morgan fingerprint density at radius 2 is 1.79 bits per heavy atom. The van der Waals surface area contributed by atoms with E-state index in [2.05, 4.69) is 0 Å². The minimum absolute atomic E-state index is 0.188. The molecule has 2 aromatic rings. The standard InChI is InChI=1S/C20H22O4/c1-5-6-16-8-10-18(19(12-16)22-4)23-13-20(21)24-17-9-7-14(2)11-15(17)3/h5-12H,13H2,1-4H3/b6-5+. The first-order valence-corrected chi connectivity index (χ1v) is 7.75. The van der Waals surface area contributed by atoms with Gasteiger partial charge in [-0.3, -0.25) is 0 Å². The number of allylic oxidation sites excluding steroid dienone is 1. The molecule has 0 bridgehead atoms. The van der Waals surface area contributed by atoms with Gasteiger partial charge in [-0.05, 0) is 50.1 Å². The van der Waals surface area contributed by atoms with Crippen LogP contribution in [0.5, 0.6) is 17.2 Å². The lowest BCUT2D eigenvalue weighted by Gasteiger charge is -2.12. The van der Waals surface area contributed by atoms with Gasteiger partial charge < -0.3 is 14.2 Å². The van der Waals surface area contributed by atoms with Gasteiger partial charge in [0.2, 0.25) is 0 Å². The molecule has 0 aliphatic carbocycles. The van der Waals surface area contributed by atoms with Crippen LogP contribution in [0.1, 0.15) is 23.6 Å². The van der Waals surface area contributed by atoms with Crippen LogP contribution in [0.25, 0.3) is 6.08 Å². The van der Waals surface area contributed by atoms with Crippen LogP contribution in [0, 0.1) is 13.8 Å². The number of hydrogen-bond acceptors (Lipinski definition) is 4. The van der Waals surface area contributed by atoms with Crippen LogP contribution in [0.3, 0.4) is 0 Å². The van der Waals surface area contributed by atoms with E-state index in [0.29, 0.717) is 17.2 Å². The maximum absolute atomic E-state index is 12.0. The Morgan fingerprint density at radius 3 is 2.46 bits per heavy atom. The van der Waals surface area contributed by atoms with Crippen molar-refractivity contribution in [3.8, 4) is 17.2 Å². The number of benzene rings is 2. The lowest BCUT2D eigenvalue weighted by atomic mass is 10.1.